The summed E-state index contributed by atoms with van der Waals surface area (Å²) < 4.78 is 40.3. The third-order valence-electron chi connectivity index (χ3n) is 9.33. The summed E-state index contributed by atoms with van der Waals surface area (Å²) in [5, 5.41) is 10.7. The quantitative estimate of drug-likeness (QED) is 0.354. The lowest BCUT2D eigenvalue weighted by atomic mass is 9.66. The van der Waals surface area contributed by atoms with E-state index in [2.05, 4.69) is 6.92 Å². The fourth-order valence-electron chi connectivity index (χ4n) is 7.27. The van der Waals surface area contributed by atoms with Crippen LogP contribution in [-0.2, 0) is 4.74 Å². The Bertz CT molecular complexity index is 784. The molecule has 0 bridgehead atoms. The highest BCUT2D eigenvalue weighted by molar-refractivity contribution is 5.33. The number of unbranched alkanes of at least 4 members (excludes halogenated alkanes) is 2. The third kappa shape index (κ3) is 6.57. The van der Waals surface area contributed by atoms with Crippen LogP contribution in [0.2, 0.25) is 0 Å². The van der Waals surface area contributed by atoms with Gasteiger partial charge in [-0.25, -0.2) is 4.39 Å². The van der Waals surface area contributed by atoms with Crippen LogP contribution in [0.5, 0.6) is 5.75 Å². The molecule has 1 saturated heterocycles. The first-order valence-electron chi connectivity index (χ1n) is 14.5. The highest BCUT2D eigenvalue weighted by Crippen LogP contribution is 2.47. The van der Waals surface area contributed by atoms with Crippen LogP contribution in [0.25, 0.3) is 0 Å². The highest BCUT2D eigenvalue weighted by atomic mass is 19.2. The zero-order chi connectivity index (χ0) is 24.8. The summed E-state index contributed by atoms with van der Waals surface area (Å²) in [5.41, 5.74) is 0.521. The first kappa shape index (κ1) is 26.9. The molecule has 3 atom stereocenters. The molecule has 0 radical (unpaired) electrons. The Kier molecular flexibility index (Phi) is 9.86. The van der Waals surface area contributed by atoms with Crippen molar-refractivity contribution in [2.45, 2.75) is 122 Å². The molecule has 1 aromatic rings. The van der Waals surface area contributed by atoms with Crippen LogP contribution < -0.4 is 4.74 Å². The van der Waals surface area contributed by atoms with Crippen molar-refractivity contribution in [3.8, 4) is 5.75 Å². The first-order chi connectivity index (χ1) is 17.0. The van der Waals surface area contributed by atoms with Gasteiger partial charge in [0.25, 0.3) is 0 Å². The normalized spacial score (nSPS) is 34.0. The molecular weight excluding hydrogens is 446 g/mol. The smallest absolute Gasteiger partial charge is 0.200 e. The fraction of sp³-hybridized carbons (Fsp3) is 0.800. The molecule has 5 heteroatoms. The Labute approximate surface area is 211 Å². The van der Waals surface area contributed by atoms with Crippen LogP contribution in [0.1, 0.15) is 115 Å². The van der Waals surface area contributed by atoms with Crippen molar-refractivity contribution in [1.29, 1.82) is 0 Å². The van der Waals surface area contributed by atoms with Crippen molar-refractivity contribution in [2.24, 2.45) is 23.7 Å². The Morgan fingerprint density at radius 3 is 2.11 bits per heavy atom. The summed E-state index contributed by atoms with van der Waals surface area (Å²) >= 11 is 0. The van der Waals surface area contributed by atoms with Gasteiger partial charge in [-0.2, -0.15) is 4.39 Å². The highest BCUT2D eigenvalue weighted by Gasteiger charge is 2.39. The average Bonchev–Trinajstić information content (AvgIpc) is 2.88. The number of benzene rings is 1. The maximum absolute atomic E-state index is 14.7. The van der Waals surface area contributed by atoms with E-state index in [-0.39, 0.29) is 17.8 Å². The average molecular weight is 493 g/mol. The van der Waals surface area contributed by atoms with Gasteiger partial charge in [0.05, 0.1) is 12.7 Å². The minimum atomic E-state index is -0.842. The van der Waals surface area contributed by atoms with Gasteiger partial charge in [0.2, 0.25) is 5.82 Å². The van der Waals surface area contributed by atoms with E-state index < -0.39 is 17.9 Å². The van der Waals surface area contributed by atoms with Crippen LogP contribution in [0.3, 0.4) is 0 Å². The molecule has 1 N–H and O–H groups in total. The lowest BCUT2D eigenvalue weighted by molar-refractivity contribution is -0.208. The van der Waals surface area contributed by atoms with Gasteiger partial charge in [0.1, 0.15) is 0 Å². The van der Waals surface area contributed by atoms with Gasteiger partial charge in [-0.1, -0.05) is 32.3 Å². The zero-order valence-electron chi connectivity index (χ0n) is 21.8. The fourth-order valence-corrected chi connectivity index (χ4v) is 7.27. The van der Waals surface area contributed by atoms with Crippen molar-refractivity contribution >= 4 is 0 Å². The molecule has 4 rings (SSSR count). The van der Waals surface area contributed by atoms with Crippen molar-refractivity contribution in [2.75, 3.05) is 6.61 Å². The van der Waals surface area contributed by atoms with E-state index in [4.69, 9.17) is 9.47 Å². The predicted molar refractivity (Wildman–Crippen MR) is 135 cm³/mol. The van der Waals surface area contributed by atoms with E-state index in [9.17, 15) is 13.9 Å². The van der Waals surface area contributed by atoms with Crippen molar-refractivity contribution in [3.63, 3.8) is 0 Å². The Balaban J connectivity index is 1.22. The topological polar surface area (TPSA) is 38.7 Å². The second kappa shape index (κ2) is 12.9. The molecule has 198 valence electrons. The lowest BCUT2D eigenvalue weighted by Crippen LogP contribution is -2.40. The number of hydrogen-bond donors (Lipinski definition) is 1. The number of ether oxygens (including phenoxy) is 2. The molecule has 3 aliphatic rings. The molecule has 2 saturated carbocycles. The molecule has 1 aromatic carbocycles. The van der Waals surface area contributed by atoms with E-state index in [1.54, 1.807) is 19.1 Å². The van der Waals surface area contributed by atoms with E-state index in [1.807, 2.05) is 0 Å². The molecule has 3 nitrogen and oxygen atoms in total. The largest absolute Gasteiger partial charge is 0.491 e. The molecule has 35 heavy (non-hydrogen) atoms. The van der Waals surface area contributed by atoms with Crippen LogP contribution in [0, 0.1) is 35.3 Å². The van der Waals surface area contributed by atoms with E-state index in [0.29, 0.717) is 29.9 Å². The van der Waals surface area contributed by atoms with Crippen LogP contribution in [0.15, 0.2) is 12.1 Å². The van der Waals surface area contributed by atoms with Crippen LogP contribution >= 0.6 is 0 Å². The first-order valence-corrected chi connectivity index (χ1v) is 14.5. The van der Waals surface area contributed by atoms with E-state index in [0.717, 1.165) is 50.9 Å². The number of halogens is 2. The summed E-state index contributed by atoms with van der Waals surface area (Å²) in [6.45, 7) is 4.32. The van der Waals surface area contributed by atoms with Gasteiger partial charge in [0.15, 0.2) is 17.9 Å². The van der Waals surface area contributed by atoms with Gasteiger partial charge in [-0.15, -0.1) is 0 Å². The van der Waals surface area contributed by atoms with Crippen molar-refractivity contribution in [3.05, 3.63) is 29.3 Å². The summed E-state index contributed by atoms with van der Waals surface area (Å²) in [6.07, 6.45) is 15.5. The maximum Gasteiger partial charge on any atom is 0.200 e. The van der Waals surface area contributed by atoms with Gasteiger partial charge >= 0.3 is 0 Å². The Morgan fingerprint density at radius 2 is 1.49 bits per heavy atom. The SMILES string of the molecule is CCCCCC1CC[C@@H](C2CCC([C@H]3CC[C@H](c4ccc(OCC)c(F)c4F)CC3)CC2)[C@H](O)O1. The van der Waals surface area contributed by atoms with E-state index >= 15 is 0 Å². The van der Waals surface area contributed by atoms with E-state index in [1.165, 1.54) is 44.9 Å². The molecule has 0 spiro atoms. The number of aliphatic hydroxyl groups is 1. The monoisotopic (exact) mass is 492 g/mol. The summed E-state index contributed by atoms with van der Waals surface area (Å²) in [6, 6.07) is 3.31. The van der Waals surface area contributed by atoms with Crippen molar-refractivity contribution in [1.82, 2.24) is 0 Å². The number of hydrogen-bond acceptors (Lipinski definition) is 3. The van der Waals surface area contributed by atoms with Gasteiger partial charge in [-0.3, -0.25) is 0 Å². The summed E-state index contributed by atoms with van der Waals surface area (Å²) in [7, 11) is 0. The minimum absolute atomic E-state index is 0.0136. The van der Waals surface area contributed by atoms with Gasteiger partial charge in [-0.05, 0) is 113 Å². The van der Waals surface area contributed by atoms with Gasteiger partial charge in [0, 0.05) is 5.92 Å². The zero-order valence-corrected chi connectivity index (χ0v) is 21.8. The molecule has 1 unspecified atom stereocenters. The Morgan fingerprint density at radius 1 is 0.829 bits per heavy atom. The van der Waals surface area contributed by atoms with Crippen molar-refractivity contribution < 1.29 is 23.4 Å². The standard InChI is InChI=1S/C30H46F2O3/c1-3-5-6-7-24-16-17-26(30(33)35-24)23-14-10-21(11-15-23)20-8-12-22(13-9-20)25-18-19-27(34-4-2)29(32)28(25)31/h18-24,26,30,33H,3-17H2,1-2H3/t20-,21?,22-,23?,24?,26-,30+/m0/s1. The minimum Gasteiger partial charge on any atom is -0.491 e. The molecular formula is C30H46F2O3. The molecule has 2 aliphatic carbocycles. The molecule has 0 aromatic heterocycles. The summed E-state index contributed by atoms with van der Waals surface area (Å²) in [4.78, 5) is 0. The second-order valence-electron chi connectivity index (χ2n) is 11.4. The molecule has 1 heterocycles. The number of aliphatic hydroxyl groups excluding tert-OH is 1. The summed E-state index contributed by atoms with van der Waals surface area (Å²) in [5.74, 6) is 0.858. The third-order valence-corrected chi connectivity index (χ3v) is 9.33. The maximum atomic E-state index is 14.7. The van der Waals surface area contributed by atoms with Crippen LogP contribution in [0.4, 0.5) is 8.78 Å². The molecule has 1 aliphatic heterocycles. The van der Waals surface area contributed by atoms with Gasteiger partial charge < -0.3 is 14.6 Å². The Hall–Kier alpha value is -1.20. The van der Waals surface area contributed by atoms with Crippen LogP contribution in [-0.4, -0.2) is 24.1 Å². The number of rotatable bonds is 9. The molecule has 0 amide bonds. The lowest BCUT2D eigenvalue weighted by Gasteiger charge is -2.43. The molecule has 3 fully saturated rings. The predicted octanol–water partition coefficient (Wildman–Crippen LogP) is 8.14. The second-order valence-corrected chi connectivity index (χ2v) is 11.4.